The Morgan fingerprint density at radius 1 is 1.53 bits per heavy atom. The minimum atomic E-state index is -0.435. The molecule has 2 rings (SSSR count). The van der Waals surface area contributed by atoms with Gasteiger partial charge in [-0.25, -0.2) is 0 Å². The van der Waals surface area contributed by atoms with E-state index < -0.39 is 4.92 Å². The molecule has 0 atom stereocenters. The van der Waals surface area contributed by atoms with E-state index in [4.69, 9.17) is 10.5 Å². The third-order valence-corrected chi connectivity index (χ3v) is 3.39. The van der Waals surface area contributed by atoms with Crippen LogP contribution >= 0.6 is 0 Å². The van der Waals surface area contributed by atoms with E-state index in [0.717, 1.165) is 12.1 Å². The van der Waals surface area contributed by atoms with Crippen LogP contribution in [0.25, 0.3) is 0 Å². The zero-order valence-electron chi connectivity index (χ0n) is 11.0. The lowest BCUT2D eigenvalue weighted by Gasteiger charge is -2.22. The van der Waals surface area contributed by atoms with Gasteiger partial charge in [-0.1, -0.05) is 12.1 Å². The minimum absolute atomic E-state index is 0.0139. The fraction of sp³-hybridized carbons (Fsp3) is 0.538. The fourth-order valence-corrected chi connectivity index (χ4v) is 2.15. The number of nitro benzene ring substituents is 1. The van der Waals surface area contributed by atoms with Gasteiger partial charge in [0.05, 0.1) is 11.5 Å². The number of nitro groups is 1. The average Bonchev–Trinajstić information content (AvgIpc) is 3.20. The summed E-state index contributed by atoms with van der Waals surface area (Å²) >= 11 is 0. The van der Waals surface area contributed by atoms with E-state index in [9.17, 15) is 10.1 Å². The maximum Gasteiger partial charge on any atom is 0.292 e. The molecule has 0 radical (unpaired) electrons. The molecule has 1 fully saturated rings. The number of rotatable bonds is 7. The predicted octanol–water partition coefficient (Wildman–Crippen LogP) is 1.79. The molecule has 0 spiro atoms. The SMILES string of the molecule is COCCN(Cc1cccc([N+](=O)[O-])c1N)C1CC1. The third kappa shape index (κ3) is 3.42. The highest BCUT2D eigenvalue weighted by molar-refractivity contribution is 5.62. The molecule has 0 saturated heterocycles. The smallest absolute Gasteiger partial charge is 0.292 e. The fourth-order valence-electron chi connectivity index (χ4n) is 2.15. The highest BCUT2D eigenvalue weighted by Crippen LogP contribution is 2.31. The van der Waals surface area contributed by atoms with E-state index in [1.165, 1.54) is 18.9 Å². The molecule has 0 aliphatic heterocycles. The summed E-state index contributed by atoms with van der Waals surface area (Å²) in [7, 11) is 1.67. The van der Waals surface area contributed by atoms with Gasteiger partial charge in [-0.3, -0.25) is 15.0 Å². The lowest BCUT2D eigenvalue weighted by atomic mass is 10.1. The summed E-state index contributed by atoms with van der Waals surface area (Å²) < 4.78 is 5.10. The van der Waals surface area contributed by atoms with E-state index in [-0.39, 0.29) is 11.4 Å². The van der Waals surface area contributed by atoms with E-state index in [1.807, 2.05) is 6.07 Å². The van der Waals surface area contributed by atoms with Gasteiger partial charge in [-0.05, 0) is 18.4 Å². The first-order valence-corrected chi connectivity index (χ1v) is 6.38. The molecule has 2 N–H and O–H groups in total. The molecular formula is C13H19N3O3. The van der Waals surface area contributed by atoms with Crippen molar-refractivity contribution in [1.29, 1.82) is 0 Å². The Balaban J connectivity index is 2.12. The molecule has 1 aromatic rings. The summed E-state index contributed by atoms with van der Waals surface area (Å²) in [5.41, 5.74) is 6.96. The first kappa shape index (κ1) is 13.8. The van der Waals surface area contributed by atoms with Crippen LogP contribution in [0.3, 0.4) is 0 Å². The van der Waals surface area contributed by atoms with Crippen molar-refractivity contribution in [3.05, 3.63) is 33.9 Å². The second kappa shape index (κ2) is 5.99. The highest BCUT2D eigenvalue weighted by Gasteiger charge is 2.29. The van der Waals surface area contributed by atoms with Crippen LogP contribution in [0.4, 0.5) is 11.4 Å². The maximum atomic E-state index is 10.9. The van der Waals surface area contributed by atoms with Crippen LogP contribution in [-0.4, -0.2) is 36.1 Å². The van der Waals surface area contributed by atoms with Crippen LogP contribution < -0.4 is 5.73 Å². The van der Waals surface area contributed by atoms with Gasteiger partial charge in [0.15, 0.2) is 0 Å². The van der Waals surface area contributed by atoms with Crippen molar-refractivity contribution in [1.82, 2.24) is 4.90 Å². The molecule has 1 aromatic carbocycles. The quantitative estimate of drug-likeness (QED) is 0.461. The van der Waals surface area contributed by atoms with Gasteiger partial charge in [0.2, 0.25) is 0 Å². The van der Waals surface area contributed by atoms with Gasteiger partial charge in [0.1, 0.15) is 5.69 Å². The maximum absolute atomic E-state index is 10.9. The Labute approximate surface area is 112 Å². The zero-order valence-corrected chi connectivity index (χ0v) is 11.0. The lowest BCUT2D eigenvalue weighted by molar-refractivity contribution is -0.384. The Morgan fingerprint density at radius 3 is 2.84 bits per heavy atom. The van der Waals surface area contributed by atoms with Gasteiger partial charge < -0.3 is 10.5 Å². The summed E-state index contributed by atoms with van der Waals surface area (Å²) in [6, 6.07) is 5.54. The lowest BCUT2D eigenvalue weighted by Crippen LogP contribution is -2.29. The van der Waals surface area contributed by atoms with Crippen LogP contribution in [0.15, 0.2) is 18.2 Å². The number of ether oxygens (including phenoxy) is 1. The number of para-hydroxylation sites is 1. The largest absolute Gasteiger partial charge is 0.393 e. The molecule has 0 amide bonds. The summed E-state index contributed by atoms with van der Waals surface area (Å²) in [6.07, 6.45) is 2.36. The molecule has 1 aliphatic carbocycles. The third-order valence-electron chi connectivity index (χ3n) is 3.39. The standard InChI is InChI=1S/C13H19N3O3/c1-19-8-7-15(11-5-6-11)9-10-3-2-4-12(13(10)14)16(17)18/h2-4,11H,5-9,14H2,1H3. The van der Waals surface area contributed by atoms with Crippen molar-refractivity contribution >= 4 is 11.4 Å². The Kier molecular flexibility index (Phi) is 4.34. The molecule has 0 aromatic heterocycles. The Hall–Kier alpha value is -1.66. The molecule has 104 valence electrons. The number of nitrogen functional groups attached to an aromatic ring is 1. The van der Waals surface area contributed by atoms with Crippen LogP contribution in [-0.2, 0) is 11.3 Å². The number of methoxy groups -OCH3 is 1. The Bertz CT molecular complexity index is 460. The van der Waals surface area contributed by atoms with Crippen LogP contribution in [0.2, 0.25) is 0 Å². The van der Waals surface area contributed by atoms with E-state index in [1.54, 1.807) is 13.2 Å². The summed E-state index contributed by atoms with van der Waals surface area (Å²) in [6.45, 7) is 2.12. The van der Waals surface area contributed by atoms with Crippen LogP contribution in [0, 0.1) is 10.1 Å². The topological polar surface area (TPSA) is 81.6 Å². The van der Waals surface area contributed by atoms with Crippen molar-refractivity contribution in [2.75, 3.05) is 26.0 Å². The first-order chi connectivity index (χ1) is 9.13. The predicted molar refractivity (Wildman–Crippen MR) is 72.8 cm³/mol. The highest BCUT2D eigenvalue weighted by atomic mass is 16.6. The summed E-state index contributed by atoms with van der Waals surface area (Å²) in [5.74, 6) is 0. The van der Waals surface area contributed by atoms with Crippen LogP contribution in [0.5, 0.6) is 0 Å². The zero-order chi connectivity index (χ0) is 13.8. The number of hydrogen-bond donors (Lipinski definition) is 1. The molecule has 0 heterocycles. The molecule has 6 heteroatoms. The molecular weight excluding hydrogens is 246 g/mol. The molecule has 1 saturated carbocycles. The molecule has 6 nitrogen and oxygen atoms in total. The number of nitrogens with zero attached hydrogens (tertiary/aromatic N) is 2. The van der Waals surface area contributed by atoms with Gasteiger partial charge in [0.25, 0.3) is 5.69 Å². The van der Waals surface area contributed by atoms with Crippen molar-refractivity contribution in [3.8, 4) is 0 Å². The molecule has 1 aliphatic rings. The first-order valence-electron chi connectivity index (χ1n) is 6.38. The Morgan fingerprint density at radius 2 is 2.26 bits per heavy atom. The molecule has 19 heavy (non-hydrogen) atoms. The number of hydrogen-bond acceptors (Lipinski definition) is 5. The normalized spacial score (nSPS) is 14.8. The van der Waals surface area contributed by atoms with Crippen molar-refractivity contribution in [2.24, 2.45) is 0 Å². The van der Waals surface area contributed by atoms with Gasteiger partial charge in [-0.2, -0.15) is 0 Å². The van der Waals surface area contributed by atoms with Crippen molar-refractivity contribution in [3.63, 3.8) is 0 Å². The van der Waals surface area contributed by atoms with Crippen molar-refractivity contribution < 1.29 is 9.66 Å². The van der Waals surface area contributed by atoms with Gasteiger partial charge >= 0.3 is 0 Å². The average molecular weight is 265 g/mol. The second-order valence-corrected chi connectivity index (χ2v) is 4.80. The van der Waals surface area contributed by atoms with Gasteiger partial charge in [-0.15, -0.1) is 0 Å². The summed E-state index contributed by atoms with van der Waals surface area (Å²) in [5, 5.41) is 10.9. The van der Waals surface area contributed by atoms with Crippen molar-refractivity contribution in [2.45, 2.75) is 25.4 Å². The minimum Gasteiger partial charge on any atom is -0.393 e. The molecule has 0 unspecified atom stereocenters. The number of benzene rings is 1. The summed E-state index contributed by atoms with van der Waals surface area (Å²) in [4.78, 5) is 12.7. The molecule has 0 bridgehead atoms. The van der Waals surface area contributed by atoms with E-state index in [0.29, 0.717) is 19.2 Å². The number of anilines is 1. The van der Waals surface area contributed by atoms with Gasteiger partial charge in [0, 0.05) is 32.3 Å². The second-order valence-electron chi connectivity index (χ2n) is 4.80. The van der Waals surface area contributed by atoms with Crippen LogP contribution in [0.1, 0.15) is 18.4 Å². The van der Waals surface area contributed by atoms with E-state index >= 15 is 0 Å². The monoisotopic (exact) mass is 265 g/mol. The van der Waals surface area contributed by atoms with E-state index in [2.05, 4.69) is 4.90 Å². The number of nitrogens with two attached hydrogens (primary N) is 1.